The van der Waals surface area contributed by atoms with Crippen LogP contribution in [0.3, 0.4) is 0 Å². The molecule has 4 rings (SSSR count). The molecule has 1 aromatic carbocycles. The van der Waals surface area contributed by atoms with E-state index in [1.165, 1.54) is 0 Å². The van der Waals surface area contributed by atoms with E-state index in [1.54, 1.807) is 18.5 Å². The van der Waals surface area contributed by atoms with Crippen molar-refractivity contribution < 1.29 is 14.4 Å². The maximum atomic E-state index is 12.8. The van der Waals surface area contributed by atoms with Crippen LogP contribution in [0, 0.1) is 5.92 Å². The van der Waals surface area contributed by atoms with Crippen molar-refractivity contribution in [2.45, 2.75) is 44.7 Å². The number of aromatic nitrogens is 1. The molecule has 0 saturated carbocycles. The van der Waals surface area contributed by atoms with Gasteiger partial charge >= 0.3 is 0 Å². The monoisotopic (exact) mass is 420 g/mol. The van der Waals surface area contributed by atoms with Crippen LogP contribution in [0.5, 0.6) is 0 Å². The molecule has 0 bridgehead atoms. The summed E-state index contributed by atoms with van der Waals surface area (Å²) >= 11 is 0. The van der Waals surface area contributed by atoms with Crippen molar-refractivity contribution in [1.29, 1.82) is 0 Å². The van der Waals surface area contributed by atoms with Crippen LogP contribution in [-0.2, 0) is 16.1 Å². The van der Waals surface area contributed by atoms with E-state index in [0.29, 0.717) is 44.0 Å². The number of fused-ring (bicyclic) bond motifs is 1. The van der Waals surface area contributed by atoms with Gasteiger partial charge in [-0.25, -0.2) is 0 Å². The van der Waals surface area contributed by atoms with Crippen molar-refractivity contribution in [3.8, 4) is 0 Å². The molecule has 2 N–H and O–H groups in total. The first-order valence-corrected chi connectivity index (χ1v) is 10.9. The summed E-state index contributed by atoms with van der Waals surface area (Å²) in [7, 11) is 0. The molecule has 0 radical (unpaired) electrons. The van der Waals surface area contributed by atoms with Crippen LogP contribution < -0.4 is 10.6 Å². The van der Waals surface area contributed by atoms with E-state index in [1.807, 2.05) is 35.2 Å². The number of nitrogens with one attached hydrogen (secondary N) is 2. The van der Waals surface area contributed by atoms with Gasteiger partial charge in [-0.05, 0) is 48.4 Å². The Balaban J connectivity index is 1.17. The number of carbonyl (C=O) groups excluding carboxylic acids is 3. The molecule has 1 fully saturated rings. The molecule has 162 valence electrons. The molecule has 1 saturated heterocycles. The summed E-state index contributed by atoms with van der Waals surface area (Å²) in [6, 6.07) is 11.0. The second-order valence-corrected chi connectivity index (χ2v) is 8.32. The van der Waals surface area contributed by atoms with Crippen LogP contribution in [0.1, 0.15) is 59.6 Å². The maximum absolute atomic E-state index is 12.8. The highest BCUT2D eigenvalue weighted by molar-refractivity contribution is 5.99. The minimum absolute atomic E-state index is 0.0537. The van der Waals surface area contributed by atoms with Crippen molar-refractivity contribution in [2.24, 2.45) is 5.92 Å². The summed E-state index contributed by atoms with van der Waals surface area (Å²) in [6.07, 6.45) is 6.93. The van der Waals surface area contributed by atoms with Gasteiger partial charge in [0, 0.05) is 44.0 Å². The molecule has 3 heterocycles. The molecular formula is C24H28N4O3. The van der Waals surface area contributed by atoms with E-state index in [0.717, 1.165) is 30.4 Å². The lowest BCUT2D eigenvalue weighted by molar-refractivity contribution is -0.133. The number of hydrogen-bond acceptors (Lipinski definition) is 4. The van der Waals surface area contributed by atoms with Crippen LogP contribution in [0.25, 0.3) is 0 Å². The molecule has 2 aliphatic heterocycles. The van der Waals surface area contributed by atoms with E-state index < -0.39 is 0 Å². The number of hydrogen-bond donors (Lipinski definition) is 2. The smallest absolute Gasteiger partial charge is 0.252 e. The fraction of sp³-hybridized carbons (Fsp3) is 0.417. The molecule has 31 heavy (non-hydrogen) atoms. The number of pyridine rings is 1. The van der Waals surface area contributed by atoms with Gasteiger partial charge < -0.3 is 15.5 Å². The highest BCUT2D eigenvalue weighted by Crippen LogP contribution is 2.29. The number of amides is 3. The number of rotatable bonds is 7. The lowest BCUT2D eigenvalue weighted by atomic mass is 9.91. The SMILES string of the molecule is O=C(CCC1CCN(C(=O)C[C@H]2NC(=O)c3ccccc32)CC1)NCc1cccnc1. The molecule has 0 unspecified atom stereocenters. The largest absolute Gasteiger partial charge is 0.352 e. The van der Waals surface area contributed by atoms with Gasteiger partial charge in [0.15, 0.2) is 0 Å². The van der Waals surface area contributed by atoms with Gasteiger partial charge in [-0.15, -0.1) is 0 Å². The third-order valence-electron chi connectivity index (χ3n) is 6.22. The maximum Gasteiger partial charge on any atom is 0.252 e. The molecule has 1 aromatic heterocycles. The minimum atomic E-state index is -0.238. The molecule has 2 aliphatic rings. The zero-order chi connectivity index (χ0) is 21.6. The minimum Gasteiger partial charge on any atom is -0.352 e. The van der Waals surface area contributed by atoms with Gasteiger partial charge in [0.1, 0.15) is 0 Å². The van der Waals surface area contributed by atoms with Gasteiger partial charge in [0.2, 0.25) is 11.8 Å². The van der Waals surface area contributed by atoms with Gasteiger partial charge in [-0.3, -0.25) is 19.4 Å². The number of carbonyl (C=O) groups is 3. The fourth-order valence-electron chi connectivity index (χ4n) is 4.38. The first-order valence-electron chi connectivity index (χ1n) is 10.9. The number of likely N-dealkylation sites (tertiary alicyclic amines) is 1. The van der Waals surface area contributed by atoms with E-state index in [2.05, 4.69) is 15.6 Å². The van der Waals surface area contributed by atoms with Crippen LogP contribution in [0.2, 0.25) is 0 Å². The van der Waals surface area contributed by atoms with Gasteiger partial charge in [0.05, 0.1) is 12.5 Å². The van der Waals surface area contributed by atoms with Crippen LogP contribution in [0.15, 0.2) is 48.8 Å². The van der Waals surface area contributed by atoms with Gasteiger partial charge in [-0.2, -0.15) is 0 Å². The van der Waals surface area contributed by atoms with Gasteiger partial charge in [-0.1, -0.05) is 24.3 Å². The Morgan fingerprint density at radius 3 is 2.71 bits per heavy atom. The van der Waals surface area contributed by atoms with Crippen LogP contribution in [0.4, 0.5) is 0 Å². The fourth-order valence-corrected chi connectivity index (χ4v) is 4.38. The van der Waals surface area contributed by atoms with Crippen molar-refractivity contribution >= 4 is 17.7 Å². The topological polar surface area (TPSA) is 91.4 Å². The highest BCUT2D eigenvalue weighted by Gasteiger charge is 2.32. The van der Waals surface area contributed by atoms with Crippen LogP contribution >= 0.6 is 0 Å². The second kappa shape index (κ2) is 9.73. The van der Waals surface area contributed by atoms with E-state index in [4.69, 9.17) is 0 Å². The summed E-state index contributed by atoms with van der Waals surface area (Å²) < 4.78 is 0. The van der Waals surface area contributed by atoms with E-state index in [9.17, 15) is 14.4 Å². The Labute approximate surface area is 182 Å². The lowest BCUT2D eigenvalue weighted by Gasteiger charge is -2.32. The number of benzene rings is 1. The first kappa shape index (κ1) is 21.0. The van der Waals surface area contributed by atoms with Crippen LogP contribution in [-0.4, -0.2) is 40.7 Å². The molecule has 7 nitrogen and oxygen atoms in total. The third kappa shape index (κ3) is 5.29. The van der Waals surface area contributed by atoms with Crippen molar-refractivity contribution in [2.75, 3.05) is 13.1 Å². The lowest BCUT2D eigenvalue weighted by Crippen LogP contribution is -2.40. The Kier molecular flexibility index (Phi) is 6.60. The molecule has 3 amide bonds. The Bertz CT molecular complexity index is 939. The van der Waals surface area contributed by atoms with Crippen molar-refractivity contribution in [3.05, 3.63) is 65.5 Å². The van der Waals surface area contributed by atoms with E-state index >= 15 is 0 Å². The zero-order valence-corrected chi connectivity index (χ0v) is 17.5. The highest BCUT2D eigenvalue weighted by atomic mass is 16.2. The predicted molar refractivity (Wildman–Crippen MR) is 116 cm³/mol. The average molecular weight is 421 g/mol. The molecular weight excluding hydrogens is 392 g/mol. The summed E-state index contributed by atoms with van der Waals surface area (Å²) in [5, 5.41) is 5.86. The predicted octanol–water partition coefficient (Wildman–Crippen LogP) is 2.59. The molecule has 7 heteroatoms. The van der Waals surface area contributed by atoms with Crippen molar-refractivity contribution in [3.63, 3.8) is 0 Å². The third-order valence-corrected chi connectivity index (χ3v) is 6.22. The standard InChI is InChI=1S/C24H28N4O3/c29-22(26-16-18-4-3-11-25-15-18)8-7-17-9-12-28(13-10-17)23(30)14-21-19-5-1-2-6-20(19)24(31)27-21/h1-6,11,15,17,21H,7-10,12-14,16H2,(H,26,29)(H,27,31)/t21-/m1/s1. The average Bonchev–Trinajstić information content (AvgIpc) is 3.12. The molecule has 0 spiro atoms. The van der Waals surface area contributed by atoms with E-state index in [-0.39, 0.29) is 23.8 Å². The number of piperidine rings is 1. The zero-order valence-electron chi connectivity index (χ0n) is 17.5. The number of nitrogens with zero attached hydrogens (tertiary/aromatic N) is 2. The van der Waals surface area contributed by atoms with Gasteiger partial charge in [0.25, 0.3) is 5.91 Å². The quantitative estimate of drug-likeness (QED) is 0.720. The molecule has 2 aromatic rings. The normalized spacial score (nSPS) is 18.4. The summed E-state index contributed by atoms with van der Waals surface area (Å²) in [5.41, 5.74) is 2.57. The summed E-state index contributed by atoms with van der Waals surface area (Å²) in [5.74, 6) is 0.488. The second-order valence-electron chi connectivity index (χ2n) is 8.32. The Hall–Kier alpha value is -3.22. The Morgan fingerprint density at radius 2 is 1.94 bits per heavy atom. The molecule has 1 atom stereocenters. The Morgan fingerprint density at radius 1 is 1.13 bits per heavy atom. The molecule has 0 aliphatic carbocycles. The first-order chi connectivity index (χ1) is 15.1. The summed E-state index contributed by atoms with van der Waals surface area (Å²) in [4.78, 5) is 42.9. The van der Waals surface area contributed by atoms with Crippen molar-refractivity contribution in [1.82, 2.24) is 20.5 Å². The summed E-state index contributed by atoms with van der Waals surface area (Å²) in [6.45, 7) is 1.92.